The molecule has 3 N–H and O–H groups in total. The van der Waals surface area contributed by atoms with Crippen molar-refractivity contribution in [2.24, 2.45) is 0 Å². The summed E-state index contributed by atoms with van der Waals surface area (Å²) in [6, 6.07) is 21.9. The molecule has 0 spiro atoms. The first kappa shape index (κ1) is 26.7. The van der Waals surface area contributed by atoms with Crippen molar-refractivity contribution in [2.75, 3.05) is 30.8 Å². The topological polar surface area (TPSA) is 139 Å². The molecule has 1 aliphatic rings. The molecule has 1 aliphatic heterocycles. The Bertz CT molecular complexity index is 1750. The summed E-state index contributed by atoms with van der Waals surface area (Å²) in [5.74, 6) is 2.62. The Hall–Kier alpha value is -5.47. The van der Waals surface area contributed by atoms with Crippen LogP contribution in [0.5, 0.6) is 17.2 Å². The smallest absolute Gasteiger partial charge is 0.256 e. The second-order valence-corrected chi connectivity index (χ2v) is 9.82. The molecule has 1 fully saturated rings. The van der Waals surface area contributed by atoms with Gasteiger partial charge in [0.25, 0.3) is 5.91 Å². The number of aromatic nitrogens is 4. The van der Waals surface area contributed by atoms with E-state index >= 15 is 0 Å². The van der Waals surface area contributed by atoms with Crippen LogP contribution in [0.3, 0.4) is 0 Å². The standard InChI is InChI=1S/C31H28N8O3/c1-41-24-6-2-20(3-7-24)19-39-30-28(29(38-39)36-23-11-13-33-18-23)26(12-15-35-30)42-25-8-4-22(5-9-25)31(40)37-27-16-21(17-32)10-14-34-27/h2-10,12,14-16,23,33H,11,13,18-19H2,1H3,(H,36,38)(H,34,37,40). The molecule has 3 aromatic heterocycles. The van der Waals surface area contributed by atoms with Crippen LogP contribution in [0.25, 0.3) is 11.0 Å². The van der Waals surface area contributed by atoms with Crippen molar-refractivity contribution in [1.82, 2.24) is 25.1 Å². The van der Waals surface area contributed by atoms with Crippen molar-refractivity contribution < 1.29 is 14.3 Å². The Balaban J connectivity index is 1.26. The molecule has 6 rings (SSSR count). The molecule has 0 saturated carbocycles. The molecule has 2 aromatic carbocycles. The van der Waals surface area contributed by atoms with Gasteiger partial charge in [0.15, 0.2) is 11.5 Å². The predicted molar refractivity (Wildman–Crippen MR) is 158 cm³/mol. The van der Waals surface area contributed by atoms with Crippen molar-refractivity contribution in [3.63, 3.8) is 0 Å². The van der Waals surface area contributed by atoms with Gasteiger partial charge in [-0.25, -0.2) is 14.6 Å². The highest BCUT2D eigenvalue weighted by atomic mass is 16.5. The fraction of sp³-hybridized carbons (Fsp3) is 0.194. The second-order valence-electron chi connectivity index (χ2n) is 9.82. The minimum Gasteiger partial charge on any atom is -0.497 e. The summed E-state index contributed by atoms with van der Waals surface area (Å²) in [5.41, 5.74) is 2.60. The summed E-state index contributed by atoms with van der Waals surface area (Å²) < 4.78 is 13.5. The fourth-order valence-electron chi connectivity index (χ4n) is 4.80. The first-order valence-corrected chi connectivity index (χ1v) is 13.5. The van der Waals surface area contributed by atoms with E-state index in [1.54, 1.807) is 43.6 Å². The van der Waals surface area contributed by atoms with Crippen molar-refractivity contribution in [3.8, 4) is 23.3 Å². The lowest BCUT2D eigenvalue weighted by Gasteiger charge is -2.12. The molecule has 4 heterocycles. The van der Waals surface area contributed by atoms with E-state index < -0.39 is 0 Å². The summed E-state index contributed by atoms with van der Waals surface area (Å²) >= 11 is 0. The number of amides is 1. The van der Waals surface area contributed by atoms with Gasteiger partial charge in [-0.15, -0.1) is 0 Å². The van der Waals surface area contributed by atoms with Crippen molar-refractivity contribution in [3.05, 3.63) is 95.8 Å². The van der Waals surface area contributed by atoms with E-state index in [-0.39, 0.29) is 11.9 Å². The molecular formula is C31H28N8O3. The lowest BCUT2D eigenvalue weighted by Crippen LogP contribution is -2.22. The maximum atomic E-state index is 12.7. The molecular weight excluding hydrogens is 532 g/mol. The highest BCUT2D eigenvalue weighted by molar-refractivity contribution is 6.03. The van der Waals surface area contributed by atoms with E-state index in [0.717, 1.165) is 36.2 Å². The third-order valence-corrected chi connectivity index (χ3v) is 6.96. The minimum atomic E-state index is -0.341. The number of nitrogens with zero attached hydrogens (tertiary/aromatic N) is 5. The predicted octanol–water partition coefficient (Wildman–Crippen LogP) is 4.57. The molecule has 210 valence electrons. The quantitative estimate of drug-likeness (QED) is 0.236. The first-order valence-electron chi connectivity index (χ1n) is 13.5. The Morgan fingerprint density at radius 2 is 1.86 bits per heavy atom. The number of nitrogens with one attached hydrogen (secondary N) is 3. The molecule has 11 nitrogen and oxygen atoms in total. The molecule has 0 bridgehead atoms. The number of nitriles is 1. The molecule has 1 amide bonds. The first-order chi connectivity index (χ1) is 20.6. The van der Waals surface area contributed by atoms with Gasteiger partial charge in [-0.05, 0) is 67.1 Å². The molecule has 1 unspecified atom stereocenters. The maximum absolute atomic E-state index is 12.7. The van der Waals surface area contributed by atoms with Crippen molar-refractivity contribution in [1.29, 1.82) is 5.26 Å². The number of anilines is 2. The second kappa shape index (κ2) is 12.0. The molecule has 42 heavy (non-hydrogen) atoms. The van der Waals surface area contributed by atoms with Gasteiger partial charge in [-0.3, -0.25) is 4.79 Å². The monoisotopic (exact) mass is 560 g/mol. The Kier molecular flexibility index (Phi) is 7.61. The number of rotatable bonds is 9. The number of hydrogen-bond donors (Lipinski definition) is 3. The molecule has 11 heteroatoms. The number of benzene rings is 2. The number of pyridine rings is 2. The normalized spacial score (nSPS) is 14.3. The van der Waals surface area contributed by atoms with Gasteiger partial charge in [-0.2, -0.15) is 10.4 Å². The highest BCUT2D eigenvalue weighted by Crippen LogP contribution is 2.35. The SMILES string of the molecule is COc1ccc(Cn2nc(NC3CCNC3)c3c(Oc4ccc(C(=O)Nc5cc(C#N)ccn5)cc4)ccnc32)cc1. The van der Waals surface area contributed by atoms with E-state index in [0.29, 0.717) is 46.5 Å². The van der Waals surface area contributed by atoms with Gasteiger partial charge in [0.05, 0.1) is 25.3 Å². The van der Waals surface area contributed by atoms with Crippen LogP contribution in [0.15, 0.2) is 79.1 Å². The van der Waals surface area contributed by atoms with Crippen LogP contribution in [-0.2, 0) is 6.54 Å². The highest BCUT2D eigenvalue weighted by Gasteiger charge is 2.22. The van der Waals surface area contributed by atoms with E-state index in [4.69, 9.17) is 19.8 Å². The summed E-state index contributed by atoms with van der Waals surface area (Å²) in [5, 5.41) is 24.4. The van der Waals surface area contributed by atoms with Crippen molar-refractivity contribution >= 4 is 28.6 Å². The lowest BCUT2D eigenvalue weighted by atomic mass is 10.2. The van der Waals surface area contributed by atoms with E-state index in [2.05, 4.69) is 25.9 Å². The zero-order valence-electron chi connectivity index (χ0n) is 22.9. The van der Waals surface area contributed by atoms with Crippen LogP contribution in [0.2, 0.25) is 0 Å². The molecule has 1 saturated heterocycles. The third kappa shape index (κ3) is 5.84. The summed E-state index contributed by atoms with van der Waals surface area (Å²) in [6.45, 7) is 2.32. The number of methoxy groups -OCH3 is 1. The fourth-order valence-corrected chi connectivity index (χ4v) is 4.80. The molecule has 0 radical (unpaired) electrons. The van der Waals surface area contributed by atoms with Crippen LogP contribution in [-0.4, -0.2) is 51.9 Å². The van der Waals surface area contributed by atoms with Crippen molar-refractivity contribution in [2.45, 2.75) is 19.0 Å². The number of hydrogen-bond acceptors (Lipinski definition) is 9. The lowest BCUT2D eigenvalue weighted by molar-refractivity contribution is 0.102. The summed E-state index contributed by atoms with van der Waals surface area (Å²) in [7, 11) is 1.65. The third-order valence-electron chi connectivity index (χ3n) is 6.96. The number of fused-ring (bicyclic) bond motifs is 1. The number of ether oxygens (including phenoxy) is 2. The molecule has 0 aliphatic carbocycles. The maximum Gasteiger partial charge on any atom is 0.256 e. The minimum absolute atomic E-state index is 0.242. The number of carbonyl (C=O) groups is 1. The summed E-state index contributed by atoms with van der Waals surface area (Å²) in [4.78, 5) is 21.5. The Labute approximate surface area is 242 Å². The van der Waals surface area contributed by atoms with Gasteiger partial charge in [0, 0.05) is 36.6 Å². The average molecular weight is 561 g/mol. The molecule has 1 atom stereocenters. The zero-order chi connectivity index (χ0) is 28.9. The van der Waals surface area contributed by atoms with E-state index in [9.17, 15) is 4.79 Å². The summed E-state index contributed by atoms with van der Waals surface area (Å²) in [6.07, 6.45) is 4.17. The van der Waals surface area contributed by atoms with Gasteiger partial charge >= 0.3 is 0 Å². The van der Waals surface area contributed by atoms with Crippen LogP contribution < -0.4 is 25.4 Å². The van der Waals surface area contributed by atoms with Gasteiger partial charge in [0.1, 0.15) is 28.5 Å². The van der Waals surface area contributed by atoms with E-state index in [1.807, 2.05) is 41.1 Å². The Morgan fingerprint density at radius 1 is 1.07 bits per heavy atom. The average Bonchev–Trinajstić information content (AvgIpc) is 3.66. The van der Waals surface area contributed by atoms with Crippen LogP contribution in [0.1, 0.15) is 27.9 Å². The molecule has 5 aromatic rings. The zero-order valence-corrected chi connectivity index (χ0v) is 22.9. The van der Waals surface area contributed by atoms with E-state index in [1.165, 1.54) is 12.3 Å². The van der Waals surface area contributed by atoms with Gasteiger partial charge in [0.2, 0.25) is 0 Å². The Morgan fingerprint density at radius 3 is 2.60 bits per heavy atom. The van der Waals surface area contributed by atoms with Crippen LogP contribution in [0.4, 0.5) is 11.6 Å². The largest absolute Gasteiger partial charge is 0.497 e. The number of carbonyl (C=O) groups excluding carboxylic acids is 1. The van der Waals surface area contributed by atoms with Crippen LogP contribution >= 0.6 is 0 Å². The van der Waals surface area contributed by atoms with Crippen LogP contribution in [0, 0.1) is 11.3 Å². The van der Waals surface area contributed by atoms with Gasteiger partial charge < -0.3 is 25.4 Å². The van der Waals surface area contributed by atoms with Gasteiger partial charge in [-0.1, -0.05) is 12.1 Å².